The number of nitrogens with one attached hydrogen (secondary N) is 1. The summed E-state index contributed by atoms with van der Waals surface area (Å²) in [6, 6.07) is 5.34. The molecule has 1 aromatic carbocycles. The van der Waals surface area contributed by atoms with Gasteiger partial charge in [0.25, 0.3) is 0 Å². The second kappa shape index (κ2) is 6.30. The van der Waals surface area contributed by atoms with Gasteiger partial charge in [-0.3, -0.25) is 4.79 Å². The largest absolute Gasteiger partial charge is 0.383 e. The number of hydrogen-bond acceptors (Lipinski definition) is 4. The Labute approximate surface area is 125 Å². The first-order valence-corrected chi connectivity index (χ1v) is 8.63. The number of benzene rings is 1. The molecular formula is C15H19NO4S. The quantitative estimate of drug-likeness (QED) is 0.843. The summed E-state index contributed by atoms with van der Waals surface area (Å²) in [7, 11) is -3.53. The summed E-state index contributed by atoms with van der Waals surface area (Å²) in [5, 5.41) is 2.77. The maximum atomic E-state index is 11.2. The summed E-state index contributed by atoms with van der Waals surface area (Å²) in [5.74, 6) is 0.268. The minimum Gasteiger partial charge on any atom is -0.383 e. The topological polar surface area (TPSA) is 72.5 Å². The number of carbonyl (C=O) groups excluding carboxylic acids is 1. The lowest BCUT2D eigenvalue weighted by Gasteiger charge is -2.19. The predicted molar refractivity (Wildman–Crippen MR) is 81.5 cm³/mol. The molecule has 0 spiro atoms. The standard InChI is InChI=1S/C15H19NO4S/c1-11(17)16-9-8-13-5-3-4-12-6-7-14(10-15(12)13)20-21(2,18)19/h5-7,10H,3-4,8-9H2,1-2H3,(H,16,17). The van der Waals surface area contributed by atoms with Crippen molar-refractivity contribution in [2.75, 3.05) is 12.8 Å². The summed E-state index contributed by atoms with van der Waals surface area (Å²) < 4.78 is 27.4. The molecule has 5 nitrogen and oxygen atoms in total. The number of rotatable bonds is 5. The van der Waals surface area contributed by atoms with E-state index in [1.165, 1.54) is 12.5 Å². The van der Waals surface area contributed by atoms with E-state index in [2.05, 4.69) is 11.4 Å². The SMILES string of the molecule is CC(=O)NCCC1=CCCc2ccc(OS(C)(=O)=O)cc21. The first kappa shape index (κ1) is 15.6. The van der Waals surface area contributed by atoms with Gasteiger partial charge in [0.15, 0.2) is 0 Å². The Hall–Kier alpha value is -1.82. The van der Waals surface area contributed by atoms with Gasteiger partial charge in [0.05, 0.1) is 6.26 Å². The van der Waals surface area contributed by atoms with Crippen LogP contribution >= 0.6 is 0 Å². The van der Waals surface area contributed by atoms with Crippen LogP contribution in [0.3, 0.4) is 0 Å². The van der Waals surface area contributed by atoms with Gasteiger partial charge in [-0.05, 0) is 48.1 Å². The Morgan fingerprint density at radius 1 is 1.38 bits per heavy atom. The van der Waals surface area contributed by atoms with Crippen molar-refractivity contribution in [3.63, 3.8) is 0 Å². The monoisotopic (exact) mass is 309 g/mol. The van der Waals surface area contributed by atoms with E-state index in [1.54, 1.807) is 12.1 Å². The highest BCUT2D eigenvalue weighted by Crippen LogP contribution is 2.31. The molecule has 1 N–H and O–H groups in total. The molecule has 0 bridgehead atoms. The van der Waals surface area contributed by atoms with E-state index in [0.717, 1.165) is 36.7 Å². The predicted octanol–water partition coefficient (Wildman–Crippen LogP) is 1.88. The minimum atomic E-state index is -3.53. The molecule has 1 aliphatic carbocycles. The van der Waals surface area contributed by atoms with E-state index in [0.29, 0.717) is 12.3 Å². The van der Waals surface area contributed by atoms with Crippen molar-refractivity contribution < 1.29 is 17.4 Å². The van der Waals surface area contributed by atoms with Crippen LogP contribution in [-0.2, 0) is 21.3 Å². The third-order valence-electron chi connectivity index (χ3n) is 3.25. The second-order valence-corrected chi connectivity index (χ2v) is 6.68. The lowest BCUT2D eigenvalue weighted by atomic mass is 9.89. The number of carbonyl (C=O) groups is 1. The fourth-order valence-electron chi connectivity index (χ4n) is 2.42. The molecule has 0 unspecified atom stereocenters. The van der Waals surface area contributed by atoms with E-state index >= 15 is 0 Å². The van der Waals surface area contributed by atoms with E-state index in [1.807, 2.05) is 6.07 Å². The molecule has 1 aromatic rings. The van der Waals surface area contributed by atoms with Crippen LogP contribution in [0.15, 0.2) is 24.3 Å². The zero-order valence-corrected chi connectivity index (χ0v) is 13.0. The van der Waals surface area contributed by atoms with Gasteiger partial charge < -0.3 is 9.50 Å². The summed E-state index contributed by atoms with van der Waals surface area (Å²) >= 11 is 0. The van der Waals surface area contributed by atoms with Crippen molar-refractivity contribution in [1.29, 1.82) is 0 Å². The van der Waals surface area contributed by atoms with Crippen molar-refractivity contribution in [3.05, 3.63) is 35.4 Å². The molecule has 0 heterocycles. The van der Waals surface area contributed by atoms with Crippen molar-refractivity contribution in [2.24, 2.45) is 0 Å². The zero-order chi connectivity index (χ0) is 15.5. The van der Waals surface area contributed by atoms with Gasteiger partial charge in [0, 0.05) is 13.5 Å². The Kier molecular flexibility index (Phi) is 4.67. The Balaban J connectivity index is 2.19. The fraction of sp³-hybridized carbons (Fsp3) is 0.400. The molecule has 0 radical (unpaired) electrons. The highest BCUT2D eigenvalue weighted by Gasteiger charge is 2.15. The maximum Gasteiger partial charge on any atom is 0.306 e. The molecule has 0 aliphatic heterocycles. The maximum absolute atomic E-state index is 11.2. The smallest absolute Gasteiger partial charge is 0.306 e. The minimum absolute atomic E-state index is 0.0548. The zero-order valence-electron chi connectivity index (χ0n) is 12.2. The third kappa shape index (κ3) is 4.60. The van der Waals surface area contributed by atoms with Crippen molar-refractivity contribution in [3.8, 4) is 5.75 Å². The molecule has 2 rings (SSSR count). The van der Waals surface area contributed by atoms with Crippen molar-refractivity contribution >= 4 is 21.6 Å². The van der Waals surface area contributed by atoms with Crippen LogP contribution in [0.25, 0.3) is 5.57 Å². The molecular weight excluding hydrogens is 290 g/mol. The lowest BCUT2D eigenvalue weighted by molar-refractivity contribution is -0.118. The second-order valence-electron chi connectivity index (χ2n) is 5.11. The van der Waals surface area contributed by atoms with Gasteiger partial charge in [-0.25, -0.2) is 0 Å². The molecule has 0 atom stereocenters. The van der Waals surface area contributed by atoms with E-state index in [9.17, 15) is 13.2 Å². The summed E-state index contributed by atoms with van der Waals surface area (Å²) in [6.45, 7) is 2.05. The van der Waals surface area contributed by atoms with E-state index < -0.39 is 10.1 Å². The van der Waals surface area contributed by atoms with Gasteiger partial charge in [-0.1, -0.05) is 12.1 Å². The van der Waals surface area contributed by atoms with Gasteiger partial charge in [-0.2, -0.15) is 8.42 Å². The molecule has 1 amide bonds. The fourth-order valence-corrected chi connectivity index (χ4v) is 2.87. The van der Waals surface area contributed by atoms with Crippen LogP contribution in [0.2, 0.25) is 0 Å². The Bertz CT molecular complexity index is 677. The van der Waals surface area contributed by atoms with Crippen LogP contribution < -0.4 is 9.50 Å². The number of allylic oxidation sites excluding steroid dienone is 1. The first-order chi connectivity index (χ1) is 9.85. The number of hydrogen-bond donors (Lipinski definition) is 1. The van der Waals surface area contributed by atoms with Crippen LogP contribution in [0.4, 0.5) is 0 Å². The number of amides is 1. The average Bonchev–Trinajstić information content (AvgIpc) is 2.37. The van der Waals surface area contributed by atoms with E-state index in [4.69, 9.17) is 4.18 Å². The van der Waals surface area contributed by atoms with Gasteiger partial charge in [0.1, 0.15) is 5.75 Å². The molecule has 114 valence electrons. The van der Waals surface area contributed by atoms with Gasteiger partial charge >= 0.3 is 10.1 Å². The van der Waals surface area contributed by atoms with Crippen LogP contribution in [0.1, 0.15) is 30.9 Å². The summed E-state index contributed by atoms with van der Waals surface area (Å²) in [4.78, 5) is 10.9. The van der Waals surface area contributed by atoms with Gasteiger partial charge in [-0.15, -0.1) is 0 Å². The normalized spacial score (nSPS) is 14.1. The molecule has 0 saturated carbocycles. The number of aryl methyl sites for hydroxylation is 1. The lowest BCUT2D eigenvalue weighted by Crippen LogP contribution is -2.21. The summed E-state index contributed by atoms with van der Waals surface area (Å²) in [5.41, 5.74) is 3.30. The Morgan fingerprint density at radius 3 is 2.81 bits per heavy atom. The first-order valence-electron chi connectivity index (χ1n) is 6.81. The van der Waals surface area contributed by atoms with E-state index in [-0.39, 0.29) is 5.91 Å². The summed E-state index contributed by atoms with van der Waals surface area (Å²) in [6.07, 6.45) is 5.76. The van der Waals surface area contributed by atoms with Gasteiger partial charge in [0.2, 0.25) is 5.91 Å². The third-order valence-corrected chi connectivity index (χ3v) is 3.74. The molecule has 21 heavy (non-hydrogen) atoms. The van der Waals surface area contributed by atoms with Crippen LogP contribution in [0, 0.1) is 0 Å². The highest BCUT2D eigenvalue weighted by atomic mass is 32.2. The molecule has 1 aliphatic rings. The highest BCUT2D eigenvalue weighted by molar-refractivity contribution is 7.86. The number of fused-ring (bicyclic) bond motifs is 1. The Morgan fingerprint density at radius 2 is 2.14 bits per heavy atom. The molecule has 0 saturated heterocycles. The van der Waals surface area contributed by atoms with Crippen molar-refractivity contribution in [2.45, 2.75) is 26.2 Å². The van der Waals surface area contributed by atoms with Crippen LogP contribution in [0.5, 0.6) is 5.75 Å². The molecule has 6 heteroatoms. The van der Waals surface area contributed by atoms with Crippen LogP contribution in [-0.4, -0.2) is 27.1 Å². The van der Waals surface area contributed by atoms with Crippen molar-refractivity contribution in [1.82, 2.24) is 5.32 Å². The molecule has 0 fully saturated rings. The molecule has 0 aromatic heterocycles. The average molecular weight is 309 g/mol.